The highest BCUT2D eigenvalue weighted by Crippen LogP contribution is 2.13. The molecule has 0 fully saturated rings. The fourth-order valence-corrected chi connectivity index (χ4v) is 3.42. The molecule has 0 unspecified atom stereocenters. The molecule has 0 aliphatic heterocycles. The van der Waals surface area contributed by atoms with E-state index in [9.17, 15) is 24.5 Å². The first-order chi connectivity index (χ1) is 16.9. The van der Waals surface area contributed by atoms with Crippen LogP contribution in [0.15, 0.2) is 84.9 Å². The number of hydrogen-bond acceptors (Lipinski definition) is 6. The van der Waals surface area contributed by atoms with Crippen molar-refractivity contribution in [2.45, 2.75) is 18.9 Å². The van der Waals surface area contributed by atoms with E-state index in [1.807, 2.05) is 30.3 Å². The summed E-state index contributed by atoms with van der Waals surface area (Å²) in [6.07, 6.45) is 3.15. The van der Waals surface area contributed by atoms with Crippen LogP contribution in [-0.2, 0) is 22.4 Å². The molecule has 0 spiro atoms. The van der Waals surface area contributed by atoms with Crippen LogP contribution in [0.4, 0.5) is 5.69 Å². The lowest BCUT2D eigenvalue weighted by molar-refractivity contribution is -0.384. The third-order valence-corrected chi connectivity index (χ3v) is 5.32. The number of hydrogen-bond donors (Lipinski definition) is 2. The van der Waals surface area contributed by atoms with E-state index in [2.05, 4.69) is 5.32 Å². The quantitative estimate of drug-likeness (QED) is 0.191. The second-order valence-corrected chi connectivity index (χ2v) is 7.85. The van der Waals surface area contributed by atoms with Gasteiger partial charge in [0.2, 0.25) is 5.91 Å². The molecule has 3 aromatic rings. The highest BCUT2D eigenvalue weighted by molar-refractivity contribution is 5.98. The Bertz CT molecular complexity index is 1220. The Balaban J connectivity index is 1.71. The van der Waals surface area contributed by atoms with Crippen LogP contribution in [-0.4, -0.2) is 40.2 Å². The van der Waals surface area contributed by atoms with Gasteiger partial charge < -0.3 is 10.4 Å². The number of carbonyl (C=O) groups excluding carboxylic acids is 3. The van der Waals surface area contributed by atoms with Gasteiger partial charge in [-0.05, 0) is 41.3 Å². The van der Waals surface area contributed by atoms with E-state index < -0.39 is 29.3 Å². The van der Waals surface area contributed by atoms with Crippen molar-refractivity contribution in [3.63, 3.8) is 0 Å². The van der Waals surface area contributed by atoms with Crippen molar-refractivity contribution in [3.8, 4) is 0 Å². The van der Waals surface area contributed by atoms with Gasteiger partial charge >= 0.3 is 0 Å². The number of rotatable bonds is 11. The molecule has 0 saturated heterocycles. The molecular formula is C27H24N2O6. The molecule has 0 aliphatic rings. The van der Waals surface area contributed by atoms with Gasteiger partial charge in [0, 0.05) is 30.2 Å². The maximum Gasteiger partial charge on any atom is 0.269 e. The molecule has 0 aliphatic carbocycles. The van der Waals surface area contributed by atoms with Crippen LogP contribution in [0.1, 0.15) is 27.0 Å². The minimum Gasteiger partial charge on any atom is -0.388 e. The van der Waals surface area contributed by atoms with E-state index in [4.69, 9.17) is 5.11 Å². The number of ketones is 2. The zero-order chi connectivity index (χ0) is 25.2. The van der Waals surface area contributed by atoms with Gasteiger partial charge in [0.05, 0.1) is 11.0 Å². The second-order valence-electron chi connectivity index (χ2n) is 7.85. The predicted octanol–water partition coefficient (Wildman–Crippen LogP) is 3.32. The molecule has 3 rings (SSSR count). The first-order valence-corrected chi connectivity index (χ1v) is 10.9. The van der Waals surface area contributed by atoms with Gasteiger partial charge in [-0.2, -0.15) is 0 Å². The maximum atomic E-state index is 13.1. The first kappa shape index (κ1) is 25.2. The number of nitro benzene ring substituents is 1. The third-order valence-electron chi connectivity index (χ3n) is 5.32. The number of carbonyl (C=O) groups is 3. The highest BCUT2D eigenvalue weighted by atomic mass is 16.6. The van der Waals surface area contributed by atoms with Gasteiger partial charge in [0.1, 0.15) is 6.61 Å². The average molecular weight is 472 g/mol. The standard InChI is InChI=1S/C27H24N2O6/c30-18-26(32)22-11-6-21(7-12-22)17-25(31)24(16-20-4-2-1-3-5-20)28-27(33)15-10-19-8-13-23(14-9-19)29(34)35/h1-15,24,30H,16-18H2,(H,28,33)/b15-10+/t24-/m0/s1. The zero-order valence-corrected chi connectivity index (χ0v) is 18.8. The van der Waals surface area contributed by atoms with Crippen LogP contribution >= 0.6 is 0 Å². The van der Waals surface area contributed by atoms with Crippen LogP contribution in [0, 0.1) is 10.1 Å². The minimum absolute atomic E-state index is 0.0473. The topological polar surface area (TPSA) is 127 Å². The van der Waals surface area contributed by atoms with Crippen molar-refractivity contribution in [1.29, 1.82) is 0 Å². The molecule has 0 heterocycles. The maximum absolute atomic E-state index is 13.1. The zero-order valence-electron chi connectivity index (χ0n) is 18.8. The van der Waals surface area contributed by atoms with Crippen molar-refractivity contribution >= 4 is 29.2 Å². The summed E-state index contributed by atoms with van der Waals surface area (Å²) >= 11 is 0. The average Bonchev–Trinajstić information content (AvgIpc) is 2.88. The molecule has 0 aromatic heterocycles. The fraction of sp³-hybridized carbons (Fsp3) is 0.148. The minimum atomic E-state index is -0.787. The monoisotopic (exact) mass is 472 g/mol. The van der Waals surface area contributed by atoms with Crippen LogP contribution in [0.5, 0.6) is 0 Å². The number of Topliss-reactive ketones (excluding diaryl/α,β-unsaturated/α-hetero) is 2. The lowest BCUT2D eigenvalue weighted by atomic mass is 9.97. The Labute approximate surface area is 202 Å². The number of nitrogens with zero attached hydrogens (tertiary/aromatic N) is 1. The summed E-state index contributed by atoms with van der Waals surface area (Å²) in [4.78, 5) is 47.5. The van der Waals surface area contributed by atoms with Crippen molar-refractivity contribution in [2.75, 3.05) is 6.61 Å². The number of benzene rings is 3. The molecule has 8 nitrogen and oxygen atoms in total. The Morgan fingerprint density at radius 1 is 0.914 bits per heavy atom. The van der Waals surface area contributed by atoms with E-state index >= 15 is 0 Å². The summed E-state index contributed by atoms with van der Waals surface area (Å²) in [6, 6.07) is 20.7. The van der Waals surface area contributed by atoms with Gasteiger partial charge in [0.15, 0.2) is 11.6 Å². The SMILES string of the molecule is O=C(/C=C/c1ccc([N+](=O)[O-])cc1)N[C@@H](Cc1ccccc1)C(=O)Cc1ccc(C(=O)CO)cc1. The molecule has 2 N–H and O–H groups in total. The molecule has 178 valence electrons. The van der Waals surface area contributed by atoms with E-state index in [1.165, 1.54) is 36.4 Å². The summed E-state index contributed by atoms with van der Waals surface area (Å²) < 4.78 is 0. The summed E-state index contributed by atoms with van der Waals surface area (Å²) in [5.41, 5.74) is 2.48. The lowest BCUT2D eigenvalue weighted by Crippen LogP contribution is -2.42. The van der Waals surface area contributed by atoms with Crippen molar-refractivity contribution in [3.05, 3.63) is 117 Å². The van der Waals surface area contributed by atoms with Crippen LogP contribution in [0.2, 0.25) is 0 Å². The molecule has 8 heteroatoms. The summed E-state index contributed by atoms with van der Waals surface area (Å²) in [5.74, 6) is -1.08. The van der Waals surface area contributed by atoms with Gasteiger partial charge in [-0.15, -0.1) is 0 Å². The second kappa shape index (κ2) is 12.2. The number of aliphatic hydroxyl groups excluding tert-OH is 1. The van der Waals surface area contributed by atoms with Crippen molar-refractivity contribution < 1.29 is 24.4 Å². The number of nitro groups is 1. The highest BCUT2D eigenvalue weighted by Gasteiger charge is 2.21. The molecule has 3 aromatic carbocycles. The smallest absolute Gasteiger partial charge is 0.269 e. The van der Waals surface area contributed by atoms with Crippen LogP contribution in [0.3, 0.4) is 0 Å². The van der Waals surface area contributed by atoms with Crippen molar-refractivity contribution in [2.24, 2.45) is 0 Å². The third kappa shape index (κ3) is 7.55. The Morgan fingerprint density at radius 2 is 1.57 bits per heavy atom. The Kier molecular flexibility index (Phi) is 8.75. The number of amides is 1. The Morgan fingerprint density at radius 3 is 2.17 bits per heavy atom. The summed E-state index contributed by atoms with van der Waals surface area (Å²) in [6.45, 7) is -0.586. The number of aliphatic hydroxyl groups is 1. The lowest BCUT2D eigenvalue weighted by Gasteiger charge is -2.17. The normalized spacial score (nSPS) is 11.7. The number of non-ortho nitro benzene ring substituents is 1. The molecular weight excluding hydrogens is 448 g/mol. The molecule has 1 atom stereocenters. The fourth-order valence-electron chi connectivity index (χ4n) is 3.42. The van der Waals surface area contributed by atoms with Crippen LogP contribution < -0.4 is 5.32 Å². The van der Waals surface area contributed by atoms with Gasteiger partial charge in [-0.3, -0.25) is 24.5 Å². The van der Waals surface area contributed by atoms with E-state index in [-0.39, 0.29) is 17.9 Å². The van der Waals surface area contributed by atoms with Gasteiger partial charge in [-0.1, -0.05) is 54.6 Å². The first-order valence-electron chi connectivity index (χ1n) is 10.9. The molecule has 0 bridgehead atoms. The van der Waals surface area contributed by atoms with E-state index in [0.717, 1.165) is 5.56 Å². The summed E-state index contributed by atoms with van der Waals surface area (Å²) in [7, 11) is 0. The number of nitrogens with one attached hydrogen (secondary N) is 1. The summed E-state index contributed by atoms with van der Waals surface area (Å²) in [5, 5.41) is 22.5. The molecule has 0 radical (unpaired) electrons. The molecule has 1 amide bonds. The molecule has 35 heavy (non-hydrogen) atoms. The van der Waals surface area contributed by atoms with E-state index in [0.29, 0.717) is 23.1 Å². The molecule has 0 saturated carbocycles. The van der Waals surface area contributed by atoms with E-state index in [1.54, 1.807) is 24.3 Å². The largest absolute Gasteiger partial charge is 0.388 e. The van der Waals surface area contributed by atoms with Gasteiger partial charge in [0.25, 0.3) is 5.69 Å². The van der Waals surface area contributed by atoms with Gasteiger partial charge in [-0.25, -0.2) is 0 Å². The van der Waals surface area contributed by atoms with Crippen molar-refractivity contribution in [1.82, 2.24) is 5.32 Å². The predicted molar refractivity (Wildman–Crippen MR) is 131 cm³/mol. The Hall–Kier alpha value is -4.43. The van der Waals surface area contributed by atoms with Crippen LogP contribution in [0.25, 0.3) is 6.08 Å².